The number of anilines is 2. The van der Waals surface area contributed by atoms with E-state index in [9.17, 15) is 4.79 Å². The average molecular weight is 448 g/mol. The van der Waals surface area contributed by atoms with E-state index >= 15 is 0 Å². The summed E-state index contributed by atoms with van der Waals surface area (Å²) >= 11 is 1.70. The van der Waals surface area contributed by atoms with Gasteiger partial charge in [-0.2, -0.15) is 0 Å². The molecule has 32 heavy (non-hydrogen) atoms. The summed E-state index contributed by atoms with van der Waals surface area (Å²) in [5.41, 5.74) is 4.10. The molecular formula is C24H25N5O2S. The van der Waals surface area contributed by atoms with Crippen LogP contribution >= 0.6 is 11.3 Å². The number of thiophene rings is 1. The third kappa shape index (κ3) is 3.00. The van der Waals surface area contributed by atoms with Gasteiger partial charge in [-0.05, 0) is 54.5 Å². The number of methoxy groups -OCH3 is 1. The molecule has 7 nitrogen and oxygen atoms in total. The molecule has 8 heteroatoms. The molecule has 1 aliphatic carbocycles. The minimum atomic E-state index is -0.322. The van der Waals surface area contributed by atoms with Crippen LogP contribution in [0.4, 0.5) is 11.5 Å². The lowest BCUT2D eigenvalue weighted by Crippen LogP contribution is -2.50. The van der Waals surface area contributed by atoms with E-state index in [0.29, 0.717) is 12.5 Å². The highest BCUT2D eigenvalue weighted by Gasteiger charge is 2.42. The smallest absolute Gasteiger partial charge is 0.228 e. The van der Waals surface area contributed by atoms with Gasteiger partial charge >= 0.3 is 0 Å². The van der Waals surface area contributed by atoms with Gasteiger partial charge in [-0.25, -0.2) is 9.97 Å². The van der Waals surface area contributed by atoms with Gasteiger partial charge in [0.2, 0.25) is 5.91 Å². The monoisotopic (exact) mass is 447 g/mol. The van der Waals surface area contributed by atoms with Gasteiger partial charge in [0.25, 0.3) is 0 Å². The highest BCUT2D eigenvalue weighted by atomic mass is 32.1. The first-order valence-corrected chi connectivity index (χ1v) is 11.9. The van der Waals surface area contributed by atoms with Crippen molar-refractivity contribution in [2.24, 2.45) is 10.4 Å². The fraction of sp³-hybridized carbons (Fsp3) is 0.417. The standard InChI is InChI=1S/C24H25N5O2S/c1-24(23(30)29-6-3-7-29)5-4-16-19(10-24)32-22-20(16)21(26-13-27-22)28-17-8-14-11-25-12-15(14)9-18(17)31-2/h8-9,11,13H,3-7,10,12H2,1-2H3,(H,26,27,28)/t24-/m0/s1. The number of nitrogens with one attached hydrogen (secondary N) is 1. The Morgan fingerprint density at radius 2 is 2.16 bits per heavy atom. The summed E-state index contributed by atoms with van der Waals surface area (Å²) in [6.07, 6.45) is 7.13. The molecule has 4 heterocycles. The molecule has 2 aromatic heterocycles. The summed E-state index contributed by atoms with van der Waals surface area (Å²) < 4.78 is 5.64. The van der Waals surface area contributed by atoms with E-state index in [4.69, 9.17) is 4.74 Å². The molecule has 0 bridgehead atoms. The van der Waals surface area contributed by atoms with E-state index in [1.165, 1.54) is 16.0 Å². The first-order chi connectivity index (χ1) is 15.6. The fourth-order valence-electron chi connectivity index (χ4n) is 5.00. The zero-order valence-electron chi connectivity index (χ0n) is 18.3. The molecule has 0 radical (unpaired) electrons. The molecule has 0 spiro atoms. The van der Waals surface area contributed by atoms with Crippen molar-refractivity contribution >= 4 is 45.2 Å². The van der Waals surface area contributed by atoms with Gasteiger partial charge in [0.15, 0.2) is 0 Å². The lowest BCUT2D eigenvalue weighted by atomic mass is 9.74. The highest BCUT2D eigenvalue weighted by molar-refractivity contribution is 7.19. The number of fused-ring (bicyclic) bond motifs is 4. The average Bonchev–Trinajstić information content (AvgIpc) is 3.35. The van der Waals surface area contributed by atoms with Crippen LogP contribution in [0, 0.1) is 5.41 Å². The van der Waals surface area contributed by atoms with Gasteiger partial charge in [0, 0.05) is 24.2 Å². The topological polar surface area (TPSA) is 79.7 Å². The van der Waals surface area contributed by atoms with Crippen LogP contribution in [0.2, 0.25) is 0 Å². The Balaban J connectivity index is 1.37. The summed E-state index contributed by atoms with van der Waals surface area (Å²) in [7, 11) is 1.68. The molecule has 6 rings (SSSR count). The number of amides is 1. The van der Waals surface area contributed by atoms with E-state index in [1.54, 1.807) is 24.8 Å². The Morgan fingerprint density at radius 3 is 2.94 bits per heavy atom. The molecule has 164 valence electrons. The maximum absolute atomic E-state index is 13.1. The first-order valence-electron chi connectivity index (χ1n) is 11.1. The molecular weight excluding hydrogens is 422 g/mol. The summed E-state index contributed by atoms with van der Waals surface area (Å²) in [6.45, 7) is 4.63. The van der Waals surface area contributed by atoms with E-state index in [2.05, 4.69) is 33.3 Å². The number of benzene rings is 1. The van der Waals surface area contributed by atoms with E-state index in [-0.39, 0.29) is 5.41 Å². The molecule has 0 saturated carbocycles. The molecule has 3 aliphatic rings. The molecule has 1 saturated heterocycles. The van der Waals surface area contributed by atoms with Crippen LogP contribution in [-0.2, 0) is 24.2 Å². The Hall–Kier alpha value is -3.00. The molecule has 3 aromatic rings. The SMILES string of the molecule is COc1cc2c(cc1Nc1ncnc3sc4c(c13)CC[C@](C)(C(=O)N1CCC1)C4)C=NC2. The van der Waals surface area contributed by atoms with Crippen molar-refractivity contribution in [2.75, 3.05) is 25.5 Å². The highest BCUT2D eigenvalue weighted by Crippen LogP contribution is 2.46. The Morgan fingerprint density at radius 1 is 1.28 bits per heavy atom. The number of carbonyl (C=O) groups is 1. The predicted octanol–water partition coefficient (Wildman–Crippen LogP) is 4.10. The minimum absolute atomic E-state index is 0.306. The van der Waals surface area contributed by atoms with Crippen LogP contribution in [-0.4, -0.2) is 47.2 Å². The predicted molar refractivity (Wildman–Crippen MR) is 126 cm³/mol. The number of aromatic nitrogens is 2. The van der Waals surface area contributed by atoms with Gasteiger partial charge in [-0.3, -0.25) is 9.79 Å². The fourth-order valence-corrected chi connectivity index (χ4v) is 6.37. The molecule has 1 atom stereocenters. The molecule has 1 fully saturated rings. The summed E-state index contributed by atoms with van der Waals surface area (Å²) in [4.78, 5) is 30.8. The maximum atomic E-state index is 13.1. The maximum Gasteiger partial charge on any atom is 0.228 e. The normalized spacial score (nSPS) is 21.2. The number of likely N-dealkylation sites (tertiary alicyclic amines) is 1. The molecule has 1 N–H and O–H groups in total. The van der Waals surface area contributed by atoms with Crippen LogP contribution in [0.1, 0.15) is 41.3 Å². The molecule has 1 amide bonds. The van der Waals surface area contributed by atoms with Crippen LogP contribution in [0.3, 0.4) is 0 Å². The van der Waals surface area contributed by atoms with Crippen molar-refractivity contribution < 1.29 is 9.53 Å². The van der Waals surface area contributed by atoms with Crippen LogP contribution in [0.15, 0.2) is 23.5 Å². The lowest BCUT2D eigenvalue weighted by Gasteiger charge is -2.41. The zero-order chi connectivity index (χ0) is 21.9. The lowest BCUT2D eigenvalue weighted by molar-refractivity contribution is -0.145. The Labute approximate surface area is 190 Å². The zero-order valence-corrected chi connectivity index (χ0v) is 19.1. The van der Waals surface area contributed by atoms with Gasteiger partial charge in [-0.15, -0.1) is 11.3 Å². The number of aryl methyl sites for hydroxylation is 1. The van der Waals surface area contributed by atoms with Crippen molar-refractivity contribution in [1.29, 1.82) is 0 Å². The van der Waals surface area contributed by atoms with Crippen molar-refractivity contribution in [3.63, 3.8) is 0 Å². The van der Waals surface area contributed by atoms with Gasteiger partial charge in [0.05, 0.1) is 30.1 Å². The largest absolute Gasteiger partial charge is 0.495 e. The van der Waals surface area contributed by atoms with Crippen molar-refractivity contribution in [3.05, 3.63) is 40.0 Å². The second-order valence-electron chi connectivity index (χ2n) is 9.14. The summed E-state index contributed by atoms with van der Waals surface area (Å²) in [6, 6.07) is 4.11. The van der Waals surface area contributed by atoms with E-state index in [0.717, 1.165) is 71.8 Å². The number of aliphatic imine (C=N–C) groups is 1. The third-order valence-corrected chi connectivity index (χ3v) is 8.15. The van der Waals surface area contributed by atoms with Gasteiger partial charge < -0.3 is 15.0 Å². The van der Waals surface area contributed by atoms with Gasteiger partial charge in [0.1, 0.15) is 22.7 Å². The number of rotatable bonds is 4. The Kier molecular flexibility index (Phi) is 4.47. The van der Waals surface area contributed by atoms with Gasteiger partial charge in [-0.1, -0.05) is 6.92 Å². The number of hydrogen-bond acceptors (Lipinski definition) is 7. The molecule has 0 unspecified atom stereocenters. The Bertz CT molecular complexity index is 1280. The van der Waals surface area contributed by atoms with Crippen LogP contribution in [0.25, 0.3) is 10.2 Å². The van der Waals surface area contributed by atoms with Crippen LogP contribution < -0.4 is 10.1 Å². The number of hydrogen-bond donors (Lipinski definition) is 1. The van der Waals surface area contributed by atoms with Crippen LogP contribution in [0.5, 0.6) is 5.75 Å². The first kappa shape index (κ1) is 19.7. The number of carbonyl (C=O) groups excluding carboxylic acids is 1. The van der Waals surface area contributed by atoms with E-state index < -0.39 is 0 Å². The quantitative estimate of drug-likeness (QED) is 0.651. The van der Waals surface area contributed by atoms with E-state index in [1.807, 2.05) is 17.2 Å². The second kappa shape index (κ2) is 7.27. The summed E-state index contributed by atoms with van der Waals surface area (Å²) in [5, 5.41) is 4.58. The van der Waals surface area contributed by atoms with Crippen molar-refractivity contribution in [1.82, 2.24) is 14.9 Å². The van der Waals surface area contributed by atoms with Crippen molar-refractivity contribution in [3.8, 4) is 5.75 Å². The molecule has 1 aromatic carbocycles. The third-order valence-electron chi connectivity index (χ3n) is 7.01. The summed E-state index contributed by atoms with van der Waals surface area (Å²) in [5.74, 6) is 1.87. The molecule has 2 aliphatic heterocycles. The number of ether oxygens (including phenoxy) is 1. The second-order valence-corrected chi connectivity index (χ2v) is 10.2. The number of nitrogens with zero attached hydrogens (tertiary/aromatic N) is 4. The van der Waals surface area contributed by atoms with Crippen molar-refractivity contribution in [2.45, 2.75) is 39.2 Å². The minimum Gasteiger partial charge on any atom is -0.495 e.